The summed E-state index contributed by atoms with van der Waals surface area (Å²) in [5.74, 6) is -3.04. The number of halogens is 6. The summed E-state index contributed by atoms with van der Waals surface area (Å²) in [5.41, 5.74) is -1.70. The second kappa shape index (κ2) is 19.0. The highest BCUT2D eigenvalue weighted by Crippen LogP contribution is 2.35. The van der Waals surface area contributed by atoms with Gasteiger partial charge >= 0.3 is 24.3 Å². The first-order valence-electron chi connectivity index (χ1n) is 19.5. The van der Waals surface area contributed by atoms with Gasteiger partial charge in [0.05, 0.1) is 5.56 Å². The molecule has 2 amide bonds. The average Bonchev–Trinajstić information content (AvgIpc) is 3.07. The predicted molar refractivity (Wildman–Crippen MR) is 203 cm³/mol. The van der Waals surface area contributed by atoms with Gasteiger partial charge in [-0.3, -0.25) is 14.4 Å². The third-order valence-electron chi connectivity index (χ3n) is 9.60. The normalized spacial score (nSPS) is 17.3. The Kier molecular flexibility index (Phi) is 15.1. The zero-order valence-corrected chi connectivity index (χ0v) is 33.8. The molecule has 0 spiro atoms. The fourth-order valence-electron chi connectivity index (χ4n) is 6.65. The van der Waals surface area contributed by atoms with Crippen LogP contribution in [0.5, 0.6) is 0 Å². The molecule has 0 radical (unpaired) electrons. The number of anilines is 2. The van der Waals surface area contributed by atoms with E-state index in [4.69, 9.17) is 9.47 Å². The molecular weight excluding hydrogens is 774 g/mol. The van der Waals surface area contributed by atoms with E-state index in [2.05, 4.69) is 20.6 Å². The molecule has 0 bridgehead atoms. The summed E-state index contributed by atoms with van der Waals surface area (Å²) >= 11 is 0. The summed E-state index contributed by atoms with van der Waals surface area (Å²) in [6.45, 7) is 11.5. The van der Waals surface area contributed by atoms with Gasteiger partial charge in [0.1, 0.15) is 34.9 Å². The van der Waals surface area contributed by atoms with E-state index in [1.807, 2.05) is 0 Å². The number of nitrogens with zero attached hydrogens (tertiary/aromatic N) is 4. The monoisotopic (exact) mass is 828 g/mol. The second-order valence-corrected chi connectivity index (χ2v) is 16.7. The number of nitrogens with one attached hydrogen (secondary N) is 2. The van der Waals surface area contributed by atoms with E-state index < -0.39 is 64.9 Å². The quantitative estimate of drug-likeness (QED) is 0.146. The third kappa shape index (κ3) is 14.3. The summed E-state index contributed by atoms with van der Waals surface area (Å²) in [6.07, 6.45) is -6.19. The lowest BCUT2D eigenvalue weighted by Gasteiger charge is -2.41. The zero-order chi connectivity index (χ0) is 43.1. The number of carbonyl (C=O) groups excluding carboxylic acids is 4. The molecule has 2 atom stereocenters. The molecule has 2 aliphatic rings. The van der Waals surface area contributed by atoms with Gasteiger partial charge in [-0.2, -0.15) is 26.3 Å². The van der Waals surface area contributed by atoms with Crippen LogP contribution in [-0.2, 0) is 47.4 Å². The Balaban J connectivity index is 1.28. The van der Waals surface area contributed by atoms with Crippen molar-refractivity contribution in [2.75, 3.05) is 36.0 Å². The molecule has 2 N–H and O–H groups in total. The van der Waals surface area contributed by atoms with Gasteiger partial charge in [0.15, 0.2) is 0 Å². The fourth-order valence-corrected chi connectivity index (χ4v) is 6.65. The molecule has 18 heteroatoms. The first-order chi connectivity index (χ1) is 26.9. The van der Waals surface area contributed by atoms with Gasteiger partial charge in [-0.15, -0.1) is 0 Å². The number of hydrogen-bond acceptors (Lipinski definition) is 10. The lowest BCUT2D eigenvalue weighted by atomic mass is 9.91. The van der Waals surface area contributed by atoms with Gasteiger partial charge in [0.2, 0.25) is 17.6 Å². The van der Waals surface area contributed by atoms with Crippen molar-refractivity contribution in [3.63, 3.8) is 0 Å². The lowest BCUT2D eigenvalue weighted by Crippen LogP contribution is -2.57. The van der Waals surface area contributed by atoms with Crippen LogP contribution in [0.2, 0.25) is 0 Å². The Morgan fingerprint density at radius 1 is 0.810 bits per heavy atom. The highest BCUT2D eigenvalue weighted by Gasteiger charge is 2.40. The standard InChI is InChI=1S/C40H54F6N6O6/c1-37(2,3)57-33(54)15-14-28(35(56)58-38(4,5)6)48-32(53)9-7-8-25-17-21-51(22-18-25)30-24-31(50-36(49-30)40(44,45)46)52-23-19-29(52)34(55)47-20-16-26-10-12-27(13-11-26)39(41,42)43/h10-13,24-25,28-29H,7-9,14-23H2,1-6H3,(H,47,55)(H,48,53)/t28-,29+/m1/s1. The predicted octanol–water partition coefficient (Wildman–Crippen LogP) is 6.79. The van der Waals surface area contributed by atoms with Gasteiger partial charge in [0.25, 0.3) is 0 Å². The van der Waals surface area contributed by atoms with E-state index in [9.17, 15) is 45.5 Å². The van der Waals surface area contributed by atoms with Crippen LogP contribution < -0.4 is 20.4 Å². The summed E-state index contributed by atoms with van der Waals surface area (Å²) < 4.78 is 91.3. The van der Waals surface area contributed by atoms with Crippen molar-refractivity contribution in [1.29, 1.82) is 0 Å². The molecule has 322 valence electrons. The summed E-state index contributed by atoms with van der Waals surface area (Å²) in [4.78, 5) is 61.9. The van der Waals surface area contributed by atoms with Crippen LogP contribution in [-0.4, -0.2) is 83.2 Å². The van der Waals surface area contributed by atoms with Crippen LogP contribution in [0.3, 0.4) is 0 Å². The van der Waals surface area contributed by atoms with E-state index in [0.29, 0.717) is 57.3 Å². The number of rotatable bonds is 15. The molecule has 4 rings (SSSR count). The summed E-state index contributed by atoms with van der Waals surface area (Å²) in [5, 5.41) is 5.43. The van der Waals surface area contributed by atoms with Crippen molar-refractivity contribution in [1.82, 2.24) is 20.6 Å². The molecule has 0 aliphatic carbocycles. The maximum Gasteiger partial charge on any atom is 0.451 e. The maximum atomic E-state index is 14.0. The van der Waals surface area contributed by atoms with Crippen LogP contribution in [0.25, 0.3) is 0 Å². The Morgan fingerprint density at radius 3 is 1.98 bits per heavy atom. The summed E-state index contributed by atoms with van der Waals surface area (Å²) in [7, 11) is 0. The highest BCUT2D eigenvalue weighted by atomic mass is 19.4. The molecule has 2 saturated heterocycles. The average molecular weight is 829 g/mol. The molecule has 2 aliphatic heterocycles. The molecule has 1 aromatic heterocycles. The van der Waals surface area contributed by atoms with Crippen molar-refractivity contribution < 1.29 is 55.0 Å². The van der Waals surface area contributed by atoms with Crippen LogP contribution in [0, 0.1) is 5.92 Å². The van der Waals surface area contributed by atoms with Gasteiger partial charge in [-0.25, -0.2) is 14.8 Å². The molecular formula is C40H54F6N6O6. The SMILES string of the molecule is CC(C)(C)OC(=O)CC[C@@H](NC(=O)CCCC1CCN(c2cc(N3CC[C@H]3C(=O)NCCc3ccc(C(F)(F)F)cc3)nc(C(F)(F)F)n2)CC1)C(=O)OC(C)(C)C. The molecule has 58 heavy (non-hydrogen) atoms. The maximum absolute atomic E-state index is 14.0. The van der Waals surface area contributed by atoms with E-state index in [-0.39, 0.29) is 55.7 Å². The highest BCUT2D eigenvalue weighted by molar-refractivity contribution is 5.87. The zero-order valence-electron chi connectivity index (χ0n) is 33.8. The van der Waals surface area contributed by atoms with Gasteiger partial charge in [-0.05, 0) is 110 Å². The lowest BCUT2D eigenvalue weighted by molar-refractivity contribution is -0.160. The number of hydrogen-bond donors (Lipinski definition) is 2. The number of amides is 2. The minimum Gasteiger partial charge on any atom is -0.460 e. The molecule has 3 heterocycles. The van der Waals surface area contributed by atoms with Crippen molar-refractivity contribution >= 4 is 35.4 Å². The molecule has 0 unspecified atom stereocenters. The van der Waals surface area contributed by atoms with Crippen LogP contribution >= 0.6 is 0 Å². The van der Waals surface area contributed by atoms with Crippen molar-refractivity contribution in [3.05, 3.63) is 47.3 Å². The van der Waals surface area contributed by atoms with Gasteiger partial charge in [-0.1, -0.05) is 12.1 Å². The number of piperidine rings is 1. The van der Waals surface area contributed by atoms with Gasteiger partial charge in [0, 0.05) is 45.1 Å². The molecule has 2 fully saturated rings. The van der Waals surface area contributed by atoms with Crippen LogP contribution in [0.15, 0.2) is 30.3 Å². The van der Waals surface area contributed by atoms with Crippen molar-refractivity contribution in [2.24, 2.45) is 5.92 Å². The van der Waals surface area contributed by atoms with E-state index in [1.54, 1.807) is 46.4 Å². The summed E-state index contributed by atoms with van der Waals surface area (Å²) in [6, 6.07) is 4.23. The van der Waals surface area contributed by atoms with Crippen LogP contribution in [0.4, 0.5) is 38.0 Å². The number of ether oxygens (including phenoxy) is 2. The second-order valence-electron chi connectivity index (χ2n) is 16.7. The molecule has 12 nitrogen and oxygen atoms in total. The topological polar surface area (TPSA) is 143 Å². The minimum atomic E-state index is -4.84. The van der Waals surface area contributed by atoms with E-state index in [1.165, 1.54) is 23.1 Å². The number of carbonyl (C=O) groups is 4. The van der Waals surface area contributed by atoms with E-state index in [0.717, 1.165) is 12.1 Å². The molecule has 0 saturated carbocycles. The number of alkyl halides is 6. The smallest absolute Gasteiger partial charge is 0.451 e. The molecule has 1 aromatic carbocycles. The Morgan fingerprint density at radius 2 is 1.43 bits per heavy atom. The van der Waals surface area contributed by atoms with Gasteiger partial charge < -0.3 is 29.9 Å². The Labute approximate surface area is 334 Å². The van der Waals surface area contributed by atoms with Crippen LogP contribution in [0.1, 0.15) is 110 Å². The Bertz CT molecular complexity index is 1730. The van der Waals surface area contributed by atoms with Crippen molar-refractivity contribution in [2.45, 2.75) is 135 Å². The molecule has 2 aromatic rings. The minimum absolute atomic E-state index is 0.00904. The van der Waals surface area contributed by atoms with Crippen molar-refractivity contribution in [3.8, 4) is 0 Å². The first kappa shape index (κ1) is 46.1. The Hall–Kier alpha value is -4.64. The first-order valence-corrected chi connectivity index (χ1v) is 19.5. The number of benzene rings is 1. The number of esters is 2. The number of aromatic nitrogens is 2. The third-order valence-corrected chi connectivity index (χ3v) is 9.60. The largest absolute Gasteiger partial charge is 0.460 e. The van der Waals surface area contributed by atoms with E-state index >= 15 is 0 Å². The fraction of sp³-hybridized carbons (Fsp3) is 0.650.